The summed E-state index contributed by atoms with van der Waals surface area (Å²) in [6, 6.07) is 0.846. The van der Waals surface area contributed by atoms with Crippen molar-refractivity contribution in [2.75, 3.05) is 52.4 Å². The molecule has 0 spiro atoms. The maximum Gasteiger partial charge on any atom is 0.0793 e. The van der Waals surface area contributed by atoms with Gasteiger partial charge in [0.1, 0.15) is 0 Å². The Bertz CT molecular complexity index is 344. The molecule has 2 heterocycles. The topological polar surface area (TPSA) is 39.2 Å². The molecule has 1 N–H and O–H groups in total. The Morgan fingerprint density at radius 3 is 2.09 bits per heavy atom. The number of β-amino-alcohol motifs (C(OH)–C–C–N with tert-alkyl or cyclic N) is 1. The molecule has 1 aliphatic carbocycles. The summed E-state index contributed by atoms with van der Waals surface area (Å²) in [4.78, 5) is 7.49. The standard InChI is InChI=1S/C18H35N3O2/c1-15-11-20(12-16(2)23-15)14-18(22)13-19-7-9-21(10-8-19)17-5-3-4-6-17/h15-18,22H,3-14H2,1-2H3. The van der Waals surface area contributed by atoms with Gasteiger partial charge in [-0.25, -0.2) is 0 Å². The third-order valence-electron chi connectivity index (χ3n) is 5.68. The average Bonchev–Trinajstić information content (AvgIpc) is 3.01. The van der Waals surface area contributed by atoms with Gasteiger partial charge in [0.25, 0.3) is 0 Å². The molecular weight excluding hydrogens is 290 g/mol. The molecule has 134 valence electrons. The Hall–Kier alpha value is -0.200. The average molecular weight is 325 g/mol. The van der Waals surface area contributed by atoms with Crippen molar-refractivity contribution in [1.29, 1.82) is 0 Å². The Balaban J connectivity index is 1.36. The summed E-state index contributed by atoms with van der Waals surface area (Å²) in [6.45, 7) is 12.3. The summed E-state index contributed by atoms with van der Waals surface area (Å²) in [6.07, 6.45) is 5.94. The van der Waals surface area contributed by atoms with Crippen LogP contribution in [0.2, 0.25) is 0 Å². The largest absolute Gasteiger partial charge is 0.390 e. The monoisotopic (exact) mass is 325 g/mol. The van der Waals surface area contributed by atoms with Gasteiger partial charge in [0.05, 0.1) is 18.3 Å². The van der Waals surface area contributed by atoms with Gasteiger partial charge in [-0.2, -0.15) is 0 Å². The third-order valence-corrected chi connectivity index (χ3v) is 5.68. The summed E-state index contributed by atoms with van der Waals surface area (Å²) in [7, 11) is 0. The Kier molecular flexibility index (Phi) is 6.32. The van der Waals surface area contributed by atoms with E-state index in [0.717, 1.165) is 45.3 Å². The zero-order valence-corrected chi connectivity index (χ0v) is 15.0. The van der Waals surface area contributed by atoms with Gasteiger partial charge in [0.15, 0.2) is 0 Å². The van der Waals surface area contributed by atoms with Gasteiger partial charge in [-0.1, -0.05) is 12.8 Å². The molecule has 0 aromatic heterocycles. The molecule has 3 aliphatic rings. The van der Waals surface area contributed by atoms with E-state index in [9.17, 15) is 5.11 Å². The van der Waals surface area contributed by atoms with Gasteiger partial charge < -0.3 is 9.84 Å². The number of aliphatic hydroxyl groups excluding tert-OH is 1. The normalized spacial score (nSPS) is 34.0. The third kappa shape index (κ3) is 5.13. The van der Waals surface area contributed by atoms with Crippen LogP contribution in [0.5, 0.6) is 0 Å². The van der Waals surface area contributed by atoms with E-state index in [-0.39, 0.29) is 18.3 Å². The van der Waals surface area contributed by atoms with Crippen molar-refractivity contribution < 1.29 is 9.84 Å². The van der Waals surface area contributed by atoms with Crippen molar-refractivity contribution in [2.45, 2.75) is 63.9 Å². The molecule has 0 aromatic rings. The van der Waals surface area contributed by atoms with Gasteiger partial charge in [0.2, 0.25) is 0 Å². The van der Waals surface area contributed by atoms with Crippen LogP contribution in [0.15, 0.2) is 0 Å². The van der Waals surface area contributed by atoms with Crippen LogP contribution in [0.4, 0.5) is 0 Å². The lowest BCUT2D eigenvalue weighted by atomic mass is 10.1. The Morgan fingerprint density at radius 1 is 0.913 bits per heavy atom. The minimum absolute atomic E-state index is 0.245. The maximum atomic E-state index is 10.5. The highest BCUT2D eigenvalue weighted by Crippen LogP contribution is 2.24. The maximum absolute atomic E-state index is 10.5. The SMILES string of the molecule is CC1CN(CC(O)CN2CCN(C3CCCC3)CC2)CC(C)O1. The molecule has 2 saturated heterocycles. The van der Waals surface area contributed by atoms with E-state index in [1.165, 1.54) is 38.8 Å². The van der Waals surface area contributed by atoms with Crippen molar-refractivity contribution >= 4 is 0 Å². The highest BCUT2D eigenvalue weighted by molar-refractivity contribution is 4.83. The van der Waals surface area contributed by atoms with E-state index in [0.29, 0.717) is 0 Å². The summed E-state index contributed by atoms with van der Waals surface area (Å²) in [5.41, 5.74) is 0. The molecule has 2 aliphatic heterocycles. The minimum Gasteiger partial charge on any atom is -0.390 e. The molecule has 5 heteroatoms. The van der Waals surface area contributed by atoms with Crippen molar-refractivity contribution in [2.24, 2.45) is 0 Å². The number of ether oxygens (including phenoxy) is 1. The number of hydrogen-bond donors (Lipinski definition) is 1. The molecule has 3 unspecified atom stereocenters. The molecule has 0 aromatic carbocycles. The number of piperazine rings is 1. The van der Waals surface area contributed by atoms with Gasteiger partial charge >= 0.3 is 0 Å². The number of nitrogens with zero attached hydrogens (tertiary/aromatic N) is 3. The second-order valence-electron chi connectivity index (χ2n) is 7.90. The molecule has 23 heavy (non-hydrogen) atoms. The van der Waals surface area contributed by atoms with Crippen LogP contribution in [0.25, 0.3) is 0 Å². The van der Waals surface area contributed by atoms with Crippen LogP contribution in [0, 0.1) is 0 Å². The van der Waals surface area contributed by atoms with Gasteiger partial charge in [-0.3, -0.25) is 14.7 Å². The molecule has 3 fully saturated rings. The summed E-state index contributed by atoms with van der Waals surface area (Å²) in [5, 5.41) is 10.5. The van der Waals surface area contributed by atoms with Crippen LogP contribution < -0.4 is 0 Å². The Labute approximate surface area is 141 Å². The van der Waals surface area contributed by atoms with Crippen molar-refractivity contribution in [3.8, 4) is 0 Å². The van der Waals surface area contributed by atoms with E-state index in [2.05, 4.69) is 28.5 Å². The Morgan fingerprint density at radius 2 is 1.48 bits per heavy atom. The predicted octanol–water partition coefficient (Wildman–Crippen LogP) is 1.02. The lowest BCUT2D eigenvalue weighted by Gasteiger charge is -2.40. The van der Waals surface area contributed by atoms with E-state index >= 15 is 0 Å². The number of morpholine rings is 1. The molecule has 5 nitrogen and oxygen atoms in total. The van der Waals surface area contributed by atoms with Crippen molar-refractivity contribution in [1.82, 2.24) is 14.7 Å². The summed E-state index contributed by atoms with van der Waals surface area (Å²) < 4.78 is 5.77. The second kappa shape index (κ2) is 8.26. The minimum atomic E-state index is -0.245. The smallest absolute Gasteiger partial charge is 0.0793 e. The van der Waals surface area contributed by atoms with Gasteiger partial charge in [0, 0.05) is 58.4 Å². The quantitative estimate of drug-likeness (QED) is 0.817. The van der Waals surface area contributed by atoms with E-state index in [1.54, 1.807) is 0 Å². The zero-order valence-electron chi connectivity index (χ0n) is 15.0. The number of rotatable bonds is 5. The molecule has 0 bridgehead atoms. The zero-order chi connectivity index (χ0) is 16.2. The fourth-order valence-corrected chi connectivity index (χ4v) is 4.67. The van der Waals surface area contributed by atoms with Crippen LogP contribution in [0.1, 0.15) is 39.5 Å². The highest BCUT2D eigenvalue weighted by atomic mass is 16.5. The molecule has 3 atom stereocenters. The first-order valence-electron chi connectivity index (χ1n) is 9.62. The van der Waals surface area contributed by atoms with Gasteiger partial charge in [-0.05, 0) is 26.7 Å². The van der Waals surface area contributed by atoms with E-state index in [4.69, 9.17) is 4.74 Å². The number of aliphatic hydroxyl groups is 1. The first kappa shape index (κ1) is 17.6. The van der Waals surface area contributed by atoms with Crippen LogP contribution >= 0.6 is 0 Å². The number of hydrogen-bond acceptors (Lipinski definition) is 5. The van der Waals surface area contributed by atoms with Crippen LogP contribution in [0.3, 0.4) is 0 Å². The van der Waals surface area contributed by atoms with E-state index < -0.39 is 0 Å². The van der Waals surface area contributed by atoms with Crippen LogP contribution in [-0.2, 0) is 4.74 Å². The molecule has 1 saturated carbocycles. The summed E-state index contributed by atoms with van der Waals surface area (Å²) >= 11 is 0. The first-order valence-corrected chi connectivity index (χ1v) is 9.62. The van der Waals surface area contributed by atoms with Crippen molar-refractivity contribution in [3.63, 3.8) is 0 Å². The van der Waals surface area contributed by atoms with Crippen LogP contribution in [-0.4, -0.2) is 96.5 Å². The highest BCUT2D eigenvalue weighted by Gasteiger charge is 2.28. The molecular formula is C18H35N3O2. The predicted molar refractivity (Wildman–Crippen MR) is 92.7 cm³/mol. The lowest BCUT2D eigenvalue weighted by Crippen LogP contribution is -2.53. The second-order valence-corrected chi connectivity index (χ2v) is 7.90. The summed E-state index contributed by atoms with van der Waals surface area (Å²) in [5.74, 6) is 0. The lowest BCUT2D eigenvalue weighted by molar-refractivity contribution is -0.0786. The fourth-order valence-electron chi connectivity index (χ4n) is 4.67. The van der Waals surface area contributed by atoms with E-state index in [1.807, 2.05) is 0 Å². The fraction of sp³-hybridized carbons (Fsp3) is 1.00. The molecule has 0 amide bonds. The first-order chi connectivity index (χ1) is 11.1. The molecule has 0 radical (unpaired) electrons. The van der Waals surface area contributed by atoms with Crippen molar-refractivity contribution in [3.05, 3.63) is 0 Å². The van der Waals surface area contributed by atoms with Gasteiger partial charge in [-0.15, -0.1) is 0 Å². The molecule has 3 rings (SSSR count).